The van der Waals surface area contributed by atoms with Crippen LogP contribution in [0.25, 0.3) is 10.1 Å². The first-order valence-corrected chi connectivity index (χ1v) is 14.5. The molecule has 3 aliphatic carbocycles. The van der Waals surface area contributed by atoms with E-state index in [4.69, 9.17) is 0 Å². The van der Waals surface area contributed by atoms with Crippen molar-refractivity contribution < 1.29 is 42.3 Å². The Morgan fingerprint density at radius 3 is 2.19 bits per heavy atom. The van der Waals surface area contributed by atoms with Gasteiger partial charge in [0.25, 0.3) is 0 Å². The molecule has 6 nitrogen and oxygen atoms in total. The number of fused-ring (bicyclic) bond motifs is 6. The van der Waals surface area contributed by atoms with Gasteiger partial charge >= 0.3 is 0 Å². The molecule has 0 spiro atoms. The van der Waals surface area contributed by atoms with Gasteiger partial charge in [0.05, 0.1) is 16.5 Å². The first-order chi connectivity index (χ1) is 17.1. The van der Waals surface area contributed by atoms with E-state index in [0.29, 0.717) is 17.8 Å². The molecule has 2 amide bonds. The molecule has 2 saturated heterocycles. The number of carbonyl (C=O) groups is 2. The van der Waals surface area contributed by atoms with Gasteiger partial charge in [-0.05, 0) is 80.6 Å². The zero-order valence-electron chi connectivity index (χ0n) is 21.5. The summed E-state index contributed by atoms with van der Waals surface area (Å²) in [5.74, 6) is 3.35. The number of amides is 2. The number of nitrogens with zero attached hydrogens (tertiary/aromatic N) is 4. The van der Waals surface area contributed by atoms with Crippen molar-refractivity contribution in [2.75, 3.05) is 44.7 Å². The van der Waals surface area contributed by atoms with E-state index < -0.39 is 0 Å². The smallest absolute Gasteiger partial charge is 0.233 e. The van der Waals surface area contributed by atoms with Crippen LogP contribution in [0.2, 0.25) is 0 Å². The minimum absolute atomic E-state index is 0. The van der Waals surface area contributed by atoms with Crippen molar-refractivity contribution in [3.8, 4) is 0 Å². The van der Waals surface area contributed by atoms with Crippen LogP contribution < -0.4 is 4.90 Å². The zero-order valence-corrected chi connectivity index (χ0v) is 25.1. The number of benzene rings is 1. The number of imide groups is 1. The topological polar surface area (TPSA) is 56.8 Å². The standard InChI is InChI=1S/C16H23NO2.C12H15N3S.Y/c18-15-13-11-6-7-12(8-11)14(13)16(19)17(15)9-10-4-2-1-3-5-10;1-14-6-8-15(9-7-14)12-10-4-2-3-5-11(10)16-13-12;/h10-14H,1-9H2;2-5H,6-9H2,1H3;. The van der Waals surface area contributed by atoms with E-state index in [2.05, 4.69) is 45.5 Å². The molecule has 3 heterocycles. The van der Waals surface area contributed by atoms with Gasteiger partial charge in [0.1, 0.15) is 5.82 Å². The van der Waals surface area contributed by atoms with Gasteiger partial charge in [0.2, 0.25) is 11.8 Å². The Labute approximate surface area is 244 Å². The molecule has 2 aliphatic heterocycles. The van der Waals surface area contributed by atoms with Gasteiger partial charge in [-0.25, -0.2) is 0 Å². The van der Waals surface area contributed by atoms with Crippen LogP contribution in [0.5, 0.6) is 0 Å². The Hall–Kier alpha value is -0.886. The van der Waals surface area contributed by atoms with Crippen LogP contribution in [0.15, 0.2) is 24.3 Å². The Morgan fingerprint density at radius 1 is 0.889 bits per heavy atom. The number of aromatic nitrogens is 1. The molecule has 2 aromatic rings. The summed E-state index contributed by atoms with van der Waals surface area (Å²) in [4.78, 5) is 31.6. The van der Waals surface area contributed by atoms with Crippen LogP contribution in [0.3, 0.4) is 0 Å². The summed E-state index contributed by atoms with van der Waals surface area (Å²) in [6, 6.07) is 8.49. The number of likely N-dealkylation sites (tertiary alicyclic amines) is 1. The van der Waals surface area contributed by atoms with Crippen LogP contribution in [-0.4, -0.2) is 65.8 Å². The van der Waals surface area contributed by atoms with Crippen molar-refractivity contribution in [1.29, 1.82) is 0 Å². The average molecular weight is 584 g/mol. The third-order valence-electron chi connectivity index (χ3n) is 9.35. The van der Waals surface area contributed by atoms with Gasteiger partial charge in [-0.3, -0.25) is 14.5 Å². The molecule has 0 N–H and O–H groups in total. The number of hydrogen-bond acceptors (Lipinski definition) is 6. The van der Waals surface area contributed by atoms with Gasteiger partial charge in [-0.2, -0.15) is 4.37 Å². The Morgan fingerprint density at radius 2 is 1.53 bits per heavy atom. The maximum atomic E-state index is 12.6. The third kappa shape index (κ3) is 5.06. The second kappa shape index (κ2) is 11.5. The number of piperazine rings is 1. The van der Waals surface area contributed by atoms with Gasteiger partial charge < -0.3 is 9.80 Å². The van der Waals surface area contributed by atoms with E-state index in [1.54, 1.807) is 16.4 Å². The summed E-state index contributed by atoms with van der Waals surface area (Å²) in [7, 11) is 2.18. The van der Waals surface area contributed by atoms with Crippen molar-refractivity contribution in [2.24, 2.45) is 29.6 Å². The van der Waals surface area contributed by atoms with Crippen molar-refractivity contribution in [1.82, 2.24) is 14.2 Å². The molecule has 5 fully saturated rings. The number of hydrogen-bond donors (Lipinski definition) is 0. The molecule has 191 valence electrons. The van der Waals surface area contributed by atoms with E-state index in [9.17, 15) is 9.59 Å². The molecule has 4 unspecified atom stereocenters. The fourth-order valence-corrected chi connectivity index (χ4v) is 8.19. The second-order valence-corrected chi connectivity index (χ2v) is 12.3. The molecule has 8 heteroatoms. The minimum atomic E-state index is 0. The fraction of sp³-hybridized carbons (Fsp3) is 0.679. The van der Waals surface area contributed by atoms with Gasteiger partial charge in [-0.15, -0.1) is 0 Å². The predicted octanol–water partition coefficient (Wildman–Crippen LogP) is 4.64. The predicted molar refractivity (Wildman–Crippen MR) is 140 cm³/mol. The maximum absolute atomic E-state index is 12.6. The Kier molecular flexibility index (Phi) is 8.51. The average Bonchev–Trinajstić information content (AvgIpc) is 3.66. The monoisotopic (exact) mass is 583 g/mol. The molecule has 4 atom stereocenters. The number of rotatable bonds is 3. The molecule has 7 rings (SSSR count). The quantitative estimate of drug-likeness (QED) is 0.493. The zero-order chi connectivity index (χ0) is 23.9. The van der Waals surface area contributed by atoms with Crippen molar-refractivity contribution in [2.45, 2.75) is 51.4 Å². The van der Waals surface area contributed by atoms with Crippen LogP contribution in [-0.2, 0) is 42.3 Å². The normalized spacial score (nSPS) is 30.4. The minimum Gasteiger partial charge on any atom is -0.353 e. The van der Waals surface area contributed by atoms with E-state index >= 15 is 0 Å². The molecule has 2 bridgehead atoms. The van der Waals surface area contributed by atoms with Gasteiger partial charge in [0, 0.05) is 70.8 Å². The van der Waals surface area contributed by atoms with E-state index in [1.165, 1.54) is 60.8 Å². The van der Waals surface area contributed by atoms with Crippen LogP contribution in [0, 0.1) is 29.6 Å². The first kappa shape index (κ1) is 26.7. The SMILES string of the molecule is CN1CCN(c2nsc3ccccc23)CC1.O=C1C2C3CCC(C3)C2C(=O)N1CC1CCCCC1.[Y]. The number of likely N-dealkylation sites (N-methyl/N-ethyl adjacent to an activating group) is 1. The van der Waals surface area contributed by atoms with Crippen LogP contribution >= 0.6 is 11.5 Å². The van der Waals surface area contributed by atoms with Gasteiger partial charge in [-0.1, -0.05) is 31.4 Å². The van der Waals surface area contributed by atoms with Crippen molar-refractivity contribution in [3.63, 3.8) is 0 Å². The largest absolute Gasteiger partial charge is 0.353 e. The Balaban J connectivity index is 0.000000146. The Bertz CT molecular complexity index is 1050. The summed E-state index contributed by atoms with van der Waals surface area (Å²) in [6.07, 6.45) is 9.80. The molecule has 1 aromatic carbocycles. The molecular formula is C28H38N4O2SY. The van der Waals surface area contributed by atoms with E-state index in [-0.39, 0.29) is 56.4 Å². The molecule has 5 aliphatic rings. The summed E-state index contributed by atoms with van der Waals surface area (Å²) < 4.78 is 5.88. The van der Waals surface area contributed by atoms with Crippen LogP contribution in [0.1, 0.15) is 51.4 Å². The summed E-state index contributed by atoms with van der Waals surface area (Å²) in [5.41, 5.74) is 0. The molecule has 1 radical (unpaired) electrons. The number of carbonyl (C=O) groups excluding carboxylic acids is 2. The summed E-state index contributed by atoms with van der Waals surface area (Å²) in [5, 5.41) is 1.30. The summed E-state index contributed by atoms with van der Waals surface area (Å²) in [6.45, 7) is 5.16. The van der Waals surface area contributed by atoms with E-state index in [1.807, 2.05) is 0 Å². The molecular weight excluding hydrogens is 545 g/mol. The fourth-order valence-electron chi connectivity index (χ4n) is 7.40. The first-order valence-electron chi connectivity index (χ1n) is 13.7. The van der Waals surface area contributed by atoms with Crippen molar-refractivity contribution in [3.05, 3.63) is 24.3 Å². The van der Waals surface area contributed by atoms with Crippen LogP contribution in [0.4, 0.5) is 5.82 Å². The van der Waals surface area contributed by atoms with Crippen molar-refractivity contribution >= 4 is 39.3 Å². The second-order valence-electron chi connectivity index (χ2n) is 11.5. The maximum Gasteiger partial charge on any atom is 0.233 e. The molecule has 1 aromatic heterocycles. The van der Waals surface area contributed by atoms with E-state index in [0.717, 1.165) is 39.1 Å². The third-order valence-corrected chi connectivity index (χ3v) is 10.2. The van der Waals surface area contributed by atoms with Gasteiger partial charge in [0.15, 0.2) is 0 Å². The molecule has 36 heavy (non-hydrogen) atoms. The number of anilines is 1. The summed E-state index contributed by atoms with van der Waals surface area (Å²) >= 11 is 1.60. The molecule has 3 saturated carbocycles.